The lowest BCUT2D eigenvalue weighted by Crippen LogP contribution is -2.53. The molecule has 0 aromatic heterocycles. The molecule has 2 bridgehead atoms. The largest absolute Gasteiger partial charge is 0.497 e. The Labute approximate surface area is 227 Å². The number of aliphatic hydroxyl groups excluding tert-OH is 1. The highest BCUT2D eigenvalue weighted by Crippen LogP contribution is 2.64. The van der Waals surface area contributed by atoms with Crippen molar-refractivity contribution in [3.05, 3.63) is 48.5 Å². The topological polar surface area (TPSA) is 126 Å². The zero-order valence-corrected chi connectivity index (χ0v) is 22.4. The fourth-order valence-electron chi connectivity index (χ4n) is 6.67. The number of β-amino-alcohol motifs (C(OH)–C–C–N with tert-alkyl or cyclic N) is 1. The second-order valence-corrected chi connectivity index (χ2v) is 10.3. The molecule has 10 nitrogen and oxygen atoms in total. The maximum atomic E-state index is 13.9. The first-order valence-electron chi connectivity index (χ1n) is 13.4. The maximum Gasteiger partial charge on any atom is 0.250 e. The standard InChI is InChI=1S/C29H35N3O7/c1-4-28-14-15-29(39-28)23(22(28)25(34)30-18-8-12-21(13-9-18)38-5-2)27(36)32(16-17-33)24(29)26(35)31-19-6-10-20(37-3)11-7-19/h6-13,22-24,33H,4-5,14-17H2,1-3H3,(H,30,34)(H,31,35)/t22-,23+,24?,28+,29?/m1/s1. The van der Waals surface area contributed by atoms with Crippen LogP contribution in [-0.2, 0) is 19.1 Å². The molecule has 39 heavy (non-hydrogen) atoms. The molecule has 3 heterocycles. The molecule has 5 atom stereocenters. The van der Waals surface area contributed by atoms with Crippen LogP contribution in [0.2, 0.25) is 0 Å². The lowest BCUT2D eigenvalue weighted by Gasteiger charge is -2.33. The molecule has 3 aliphatic rings. The maximum absolute atomic E-state index is 13.9. The number of hydrogen-bond acceptors (Lipinski definition) is 7. The van der Waals surface area contributed by atoms with Gasteiger partial charge in [-0.05, 0) is 74.7 Å². The molecule has 208 valence electrons. The molecule has 2 aromatic carbocycles. The van der Waals surface area contributed by atoms with Gasteiger partial charge in [-0.3, -0.25) is 14.4 Å². The van der Waals surface area contributed by atoms with Crippen LogP contribution in [0.3, 0.4) is 0 Å². The molecule has 3 saturated heterocycles. The Morgan fingerprint density at radius 3 is 2.18 bits per heavy atom. The summed E-state index contributed by atoms with van der Waals surface area (Å²) < 4.78 is 17.4. The SMILES string of the molecule is CCOc1ccc(NC(=O)[C@H]2[C@H]3C(=O)N(CCO)C(C(=O)Nc4ccc(OC)cc4)C34CC[C@]2(CC)O4)cc1. The number of carbonyl (C=O) groups is 3. The monoisotopic (exact) mass is 537 g/mol. The molecular weight excluding hydrogens is 502 g/mol. The lowest BCUT2D eigenvalue weighted by atomic mass is 9.65. The Kier molecular flexibility index (Phi) is 7.26. The molecule has 3 fully saturated rings. The van der Waals surface area contributed by atoms with Crippen LogP contribution in [0.15, 0.2) is 48.5 Å². The van der Waals surface area contributed by atoms with Crippen LogP contribution in [0.4, 0.5) is 11.4 Å². The van der Waals surface area contributed by atoms with Gasteiger partial charge in [0.1, 0.15) is 23.1 Å². The fourth-order valence-corrected chi connectivity index (χ4v) is 6.67. The number of benzene rings is 2. The van der Waals surface area contributed by atoms with Crippen molar-refractivity contribution >= 4 is 29.1 Å². The molecule has 10 heteroatoms. The summed E-state index contributed by atoms with van der Waals surface area (Å²) >= 11 is 0. The lowest BCUT2D eigenvalue weighted by molar-refractivity contribution is -0.144. The summed E-state index contributed by atoms with van der Waals surface area (Å²) in [7, 11) is 1.56. The first-order chi connectivity index (χ1) is 18.8. The van der Waals surface area contributed by atoms with Crippen LogP contribution >= 0.6 is 0 Å². The van der Waals surface area contributed by atoms with Crippen LogP contribution < -0.4 is 20.1 Å². The van der Waals surface area contributed by atoms with Crippen LogP contribution in [0, 0.1) is 11.8 Å². The van der Waals surface area contributed by atoms with E-state index in [9.17, 15) is 19.5 Å². The van der Waals surface area contributed by atoms with Crippen LogP contribution in [-0.4, -0.2) is 71.8 Å². The highest BCUT2D eigenvalue weighted by atomic mass is 16.5. The Balaban J connectivity index is 1.45. The average Bonchev–Trinajstić information content (AvgIpc) is 3.54. The zero-order chi connectivity index (χ0) is 27.8. The van der Waals surface area contributed by atoms with E-state index in [1.807, 2.05) is 13.8 Å². The van der Waals surface area contributed by atoms with Crippen molar-refractivity contribution < 1.29 is 33.7 Å². The van der Waals surface area contributed by atoms with Gasteiger partial charge in [-0.1, -0.05) is 6.92 Å². The van der Waals surface area contributed by atoms with E-state index < -0.39 is 35.0 Å². The van der Waals surface area contributed by atoms with E-state index in [-0.39, 0.29) is 25.0 Å². The van der Waals surface area contributed by atoms with Crippen molar-refractivity contribution in [1.29, 1.82) is 0 Å². The molecule has 0 aliphatic carbocycles. The van der Waals surface area contributed by atoms with Crippen LogP contribution in [0.5, 0.6) is 11.5 Å². The van der Waals surface area contributed by atoms with E-state index in [4.69, 9.17) is 14.2 Å². The Hall–Kier alpha value is -3.63. The van der Waals surface area contributed by atoms with Crippen molar-refractivity contribution in [3.63, 3.8) is 0 Å². The molecular formula is C29H35N3O7. The van der Waals surface area contributed by atoms with Gasteiger partial charge in [0.05, 0.1) is 37.8 Å². The molecule has 3 aliphatic heterocycles. The molecule has 3 N–H and O–H groups in total. The fraction of sp³-hybridized carbons (Fsp3) is 0.483. The van der Waals surface area contributed by atoms with E-state index in [0.717, 1.165) is 0 Å². The highest BCUT2D eigenvalue weighted by Gasteiger charge is 2.78. The number of nitrogens with zero attached hydrogens (tertiary/aromatic N) is 1. The Bertz CT molecular complexity index is 1230. The van der Waals surface area contributed by atoms with Gasteiger partial charge in [0, 0.05) is 17.9 Å². The highest BCUT2D eigenvalue weighted by molar-refractivity contribution is 6.05. The third-order valence-corrected chi connectivity index (χ3v) is 8.34. The number of nitrogens with one attached hydrogen (secondary N) is 2. The summed E-state index contributed by atoms with van der Waals surface area (Å²) in [5.74, 6) is -1.36. The van der Waals surface area contributed by atoms with Gasteiger partial charge in [0.15, 0.2) is 0 Å². The van der Waals surface area contributed by atoms with E-state index in [1.54, 1.807) is 55.6 Å². The number of anilines is 2. The number of methoxy groups -OCH3 is 1. The molecule has 1 spiro atoms. The van der Waals surface area contributed by atoms with E-state index in [1.165, 1.54) is 4.90 Å². The van der Waals surface area contributed by atoms with Crippen LogP contribution in [0.1, 0.15) is 33.1 Å². The summed E-state index contributed by atoms with van der Waals surface area (Å²) in [5, 5.41) is 15.6. The Morgan fingerprint density at radius 1 is 1.00 bits per heavy atom. The van der Waals surface area contributed by atoms with Crippen molar-refractivity contribution in [2.75, 3.05) is 37.5 Å². The predicted octanol–water partition coefficient (Wildman–Crippen LogP) is 2.82. The first kappa shape index (κ1) is 27.0. The van der Waals surface area contributed by atoms with Gasteiger partial charge >= 0.3 is 0 Å². The zero-order valence-electron chi connectivity index (χ0n) is 22.4. The number of likely N-dealkylation sites (tertiary alicyclic amines) is 1. The minimum absolute atomic E-state index is 0.0342. The average molecular weight is 538 g/mol. The molecule has 2 unspecified atom stereocenters. The third kappa shape index (κ3) is 4.41. The van der Waals surface area contributed by atoms with Gasteiger partial charge in [-0.15, -0.1) is 0 Å². The number of amides is 3. The quantitative estimate of drug-likeness (QED) is 0.425. The van der Waals surface area contributed by atoms with Gasteiger partial charge < -0.3 is 34.9 Å². The van der Waals surface area contributed by atoms with Crippen LogP contribution in [0.25, 0.3) is 0 Å². The van der Waals surface area contributed by atoms with Crippen molar-refractivity contribution in [3.8, 4) is 11.5 Å². The van der Waals surface area contributed by atoms with Crippen molar-refractivity contribution in [2.45, 2.75) is 50.4 Å². The van der Waals surface area contributed by atoms with E-state index >= 15 is 0 Å². The molecule has 0 radical (unpaired) electrons. The summed E-state index contributed by atoms with van der Waals surface area (Å²) in [4.78, 5) is 42.8. The third-order valence-electron chi connectivity index (χ3n) is 8.34. The first-order valence-corrected chi connectivity index (χ1v) is 13.4. The van der Waals surface area contributed by atoms with Crippen molar-refractivity contribution in [1.82, 2.24) is 4.90 Å². The van der Waals surface area contributed by atoms with Gasteiger partial charge in [-0.2, -0.15) is 0 Å². The second kappa shape index (κ2) is 10.5. The summed E-state index contributed by atoms with van der Waals surface area (Å²) in [6.07, 6.45) is 1.54. The van der Waals surface area contributed by atoms with Gasteiger partial charge in [0.25, 0.3) is 0 Å². The van der Waals surface area contributed by atoms with Gasteiger partial charge in [-0.25, -0.2) is 0 Å². The number of aliphatic hydroxyl groups is 1. The predicted molar refractivity (Wildman–Crippen MR) is 144 cm³/mol. The molecule has 3 amide bonds. The summed E-state index contributed by atoms with van der Waals surface area (Å²) in [5.41, 5.74) is -0.906. The molecule has 0 saturated carbocycles. The molecule has 2 aromatic rings. The van der Waals surface area contributed by atoms with Crippen molar-refractivity contribution in [2.24, 2.45) is 11.8 Å². The smallest absolute Gasteiger partial charge is 0.250 e. The summed E-state index contributed by atoms with van der Waals surface area (Å²) in [6.45, 7) is 4.03. The minimum atomic E-state index is -1.17. The summed E-state index contributed by atoms with van der Waals surface area (Å²) in [6, 6.07) is 13.0. The second-order valence-electron chi connectivity index (χ2n) is 10.3. The number of hydrogen-bond donors (Lipinski definition) is 3. The number of fused-ring (bicyclic) bond motifs is 1. The molecule has 5 rings (SSSR count). The van der Waals surface area contributed by atoms with E-state index in [0.29, 0.717) is 48.7 Å². The number of rotatable bonds is 10. The van der Waals surface area contributed by atoms with E-state index in [2.05, 4.69) is 10.6 Å². The normalized spacial score (nSPS) is 28.8. The number of ether oxygens (including phenoxy) is 3. The minimum Gasteiger partial charge on any atom is -0.497 e. The van der Waals surface area contributed by atoms with Gasteiger partial charge in [0.2, 0.25) is 17.7 Å². The number of carbonyl (C=O) groups excluding carboxylic acids is 3. The Morgan fingerprint density at radius 2 is 1.62 bits per heavy atom.